The minimum absolute atomic E-state index is 0.00574. The average Bonchev–Trinajstić information content (AvgIpc) is 3.03. The Hall–Kier alpha value is -4.93. The number of rotatable bonds is 5. The van der Waals surface area contributed by atoms with E-state index in [1.807, 2.05) is 0 Å². The topological polar surface area (TPSA) is 150 Å². The molecule has 1 heterocycles. The van der Waals surface area contributed by atoms with Crippen molar-refractivity contribution in [1.82, 2.24) is 0 Å². The molecule has 0 fully saturated rings. The molecule has 0 saturated carbocycles. The van der Waals surface area contributed by atoms with Crippen LogP contribution in [0.15, 0.2) is 66.7 Å². The molecule has 0 spiro atoms. The maximum absolute atomic E-state index is 12.8. The van der Waals surface area contributed by atoms with Gasteiger partial charge in [0.05, 0.1) is 32.2 Å². The van der Waals surface area contributed by atoms with Crippen LogP contribution >= 0.6 is 0 Å². The molecule has 0 radical (unpaired) electrons. The molecule has 1 aliphatic rings. The predicted octanol–water partition coefficient (Wildman–Crippen LogP) is 3.52. The van der Waals surface area contributed by atoms with Crippen LogP contribution in [0, 0.1) is 20.2 Å². The van der Waals surface area contributed by atoms with Gasteiger partial charge in [0, 0.05) is 24.3 Å². The van der Waals surface area contributed by atoms with Crippen molar-refractivity contribution in [2.75, 3.05) is 4.90 Å². The first-order valence-corrected chi connectivity index (χ1v) is 9.00. The van der Waals surface area contributed by atoms with E-state index in [1.165, 1.54) is 66.7 Å². The number of nitro benzene ring substituents is 2. The molecule has 4 rings (SSSR count). The third kappa shape index (κ3) is 3.54. The number of ether oxygens (including phenoxy) is 1. The molecular weight excluding hydrogens is 422 g/mol. The van der Waals surface area contributed by atoms with Gasteiger partial charge < -0.3 is 4.74 Å². The molecule has 0 N–H and O–H groups in total. The van der Waals surface area contributed by atoms with Gasteiger partial charge in [-0.25, -0.2) is 9.69 Å². The Morgan fingerprint density at radius 3 is 1.84 bits per heavy atom. The summed E-state index contributed by atoms with van der Waals surface area (Å²) in [7, 11) is 0. The lowest BCUT2D eigenvalue weighted by Gasteiger charge is -2.13. The Morgan fingerprint density at radius 2 is 1.28 bits per heavy atom. The van der Waals surface area contributed by atoms with Crippen molar-refractivity contribution in [1.29, 1.82) is 0 Å². The number of fused-ring (bicyclic) bond motifs is 1. The summed E-state index contributed by atoms with van der Waals surface area (Å²) < 4.78 is 5.17. The van der Waals surface area contributed by atoms with Crippen LogP contribution in [-0.4, -0.2) is 27.6 Å². The normalized spacial score (nSPS) is 12.4. The molecule has 1 aliphatic heterocycles. The van der Waals surface area contributed by atoms with Crippen LogP contribution in [-0.2, 0) is 0 Å². The first-order chi connectivity index (χ1) is 15.3. The number of imide groups is 1. The zero-order valence-corrected chi connectivity index (χ0v) is 16.0. The lowest BCUT2D eigenvalue weighted by Crippen LogP contribution is -2.29. The summed E-state index contributed by atoms with van der Waals surface area (Å²) in [5, 5.41) is 21.5. The summed E-state index contributed by atoms with van der Waals surface area (Å²) in [6.45, 7) is 0. The summed E-state index contributed by atoms with van der Waals surface area (Å²) in [6, 6.07) is 13.6. The van der Waals surface area contributed by atoms with Gasteiger partial charge in [-0.05, 0) is 42.5 Å². The van der Waals surface area contributed by atoms with Crippen molar-refractivity contribution in [3.8, 4) is 5.75 Å². The number of hydrogen-bond donors (Lipinski definition) is 0. The summed E-state index contributed by atoms with van der Waals surface area (Å²) in [4.78, 5) is 59.1. The number of carbonyl (C=O) groups excluding carboxylic acids is 3. The quantitative estimate of drug-likeness (QED) is 0.195. The van der Waals surface area contributed by atoms with Crippen molar-refractivity contribution >= 4 is 34.8 Å². The smallest absolute Gasteiger partial charge is 0.343 e. The van der Waals surface area contributed by atoms with Crippen LogP contribution in [0.5, 0.6) is 5.75 Å². The molecular formula is C21H11N3O8. The highest BCUT2D eigenvalue weighted by molar-refractivity contribution is 6.34. The third-order valence-corrected chi connectivity index (χ3v) is 4.70. The molecule has 11 heteroatoms. The van der Waals surface area contributed by atoms with E-state index >= 15 is 0 Å². The molecule has 0 unspecified atom stereocenters. The lowest BCUT2D eigenvalue weighted by molar-refractivity contribution is -0.385. The Morgan fingerprint density at radius 1 is 0.750 bits per heavy atom. The van der Waals surface area contributed by atoms with E-state index in [0.717, 1.165) is 4.90 Å². The Balaban J connectivity index is 1.57. The van der Waals surface area contributed by atoms with Crippen LogP contribution in [0.25, 0.3) is 0 Å². The van der Waals surface area contributed by atoms with Gasteiger partial charge in [-0.2, -0.15) is 0 Å². The van der Waals surface area contributed by atoms with E-state index in [0.29, 0.717) is 0 Å². The van der Waals surface area contributed by atoms with Crippen LogP contribution in [0.3, 0.4) is 0 Å². The summed E-state index contributed by atoms with van der Waals surface area (Å²) in [5.74, 6) is -2.08. The van der Waals surface area contributed by atoms with E-state index in [9.17, 15) is 34.6 Å². The van der Waals surface area contributed by atoms with Crippen molar-refractivity contribution < 1.29 is 29.0 Å². The van der Waals surface area contributed by atoms with Crippen molar-refractivity contribution in [3.63, 3.8) is 0 Å². The molecule has 2 amide bonds. The van der Waals surface area contributed by atoms with Gasteiger partial charge in [0.2, 0.25) is 0 Å². The van der Waals surface area contributed by atoms with Crippen molar-refractivity contribution in [2.45, 2.75) is 0 Å². The SMILES string of the molecule is O=C(Oc1ccc([N+](=O)[O-])cc1)c1ccc2c(c1)C(=O)N(c1ccc([N+](=O)[O-])cc1)C2=O. The average molecular weight is 433 g/mol. The number of hydrogen-bond acceptors (Lipinski definition) is 8. The molecule has 0 aromatic heterocycles. The first-order valence-electron chi connectivity index (χ1n) is 9.00. The van der Waals surface area contributed by atoms with E-state index < -0.39 is 27.6 Å². The van der Waals surface area contributed by atoms with Gasteiger partial charge in [-0.1, -0.05) is 0 Å². The van der Waals surface area contributed by atoms with E-state index in [4.69, 9.17) is 4.74 Å². The lowest BCUT2D eigenvalue weighted by atomic mass is 10.1. The highest BCUT2D eigenvalue weighted by Crippen LogP contribution is 2.30. The van der Waals surface area contributed by atoms with Crippen LogP contribution in [0.2, 0.25) is 0 Å². The number of nitrogens with zero attached hydrogens (tertiary/aromatic N) is 3. The van der Waals surface area contributed by atoms with Gasteiger partial charge in [-0.3, -0.25) is 29.8 Å². The molecule has 0 saturated heterocycles. The van der Waals surface area contributed by atoms with Gasteiger partial charge >= 0.3 is 5.97 Å². The number of benzene rings is 3. The second-order valence-corrected chi connectivity index (χ2v) is 6.62. The molecule has 3 aromatic rings. The monoisotopic (exact) mass is 433 g/mol. The van der Waals surface area contributed by atoms with Gasteiger partial charge in [-0.15, -0.1) is 0 Å². The minimum Gasteiger partial charge on any atom is -0.423 e. The van der Waals surface area contributed by atoms with Gasteiger partial charge in [0.1, 0.15) is 5.75 Å². The fourth-order valence-electron chi connectivity index (χ4n) is 3.13. The van der Waals surface area contributed by atoms with Gasteiger partial charge in [0.25, 0.3) is 23.2 Å². The fraction of sp³-hybridized carbons (Fsp3) is 0. The Bertz CT molecular complexity index is 1300. The molecule has 3 aromatic carbocycles. The van der Waals surface area contributed by atoms with Crippen molar-refractivity contribution in [3.05, 3.63) is 104 Å². The highest BCUT2D eigenvalue weighted by Gasteiger charge is 2.37. The van der Waals surface area contributed by atoms with Crippen LogP contribution in [0.1, 0.15) is 31.1 Å². The second kappa shape index (κ2) is 7.72. The zero-order chi connectivity index (χ0) is 23.0. The molecule has 0 aliphatic carbocycles. The zero-order valence-electron chi connectivity index (χ0n) is 16.0. The number of carbonyl (C=O) groups is 3. The van der Waals surface area contributed by atoms with E-state index in [1.54, 1.807) is 0 Å². The third-order valence-electron chi connectivity index (χ3n) is 4.70. The minimum atomic E-state index is -0.823. The maximum atomic E-state index is 12.8. The summed E-state index contributed by atoms with van der Waals surface area (Å²) in [5.41, 5.74) is -0.170. The first kappa shape index (κ1) is 20.3. The van der Waals surface area contributed by atoms with E-state index in [-0.39, 0.29) is 39.5 Å². The number of anilines is 1. The number of esters is 1. The molecule has 0 atom stereocenters. The maximum Gasteiger partial charge on any atom is 0.343 e. The summed E-state index contributed by atoms with van der Waals surface area (Å²) >= 11 is 0. The van der Waals surface area contributed by atoms with Crippen LogP contribution in [0.4, 0.5) is 17.1 Å². The predicted molar refractivity (Wildman–Crippen MR) is 109 cm³/mol. The highest BCUT2D eigenvalue weighted by atomic mass is 16.6. The molecule has 158 valence electrons. The van der Waals surface area contributed by atoms with Crippen LogP contribution < -0.4 is 9.64 Å². The standard InChI is InChI=1S/C21H11N3O8/c25-19-17-10-1-12(21(27)32-16-8-6-15(7-9-16)24(30)31)11-18(17)20(26)22(19)13-2-4-14(5-3-13)23(28)29/h1-11H. The van der Waals surface area contributed by atoms with Gasteiger partial charge in [0.15, 0.2) is 0 Å². The number of amides is 2. The Labute approximate surface area is 178 Å². The number of nitro groups is 2. The van der Waals surface area contributed by atoms with E-state index in [2.05, 4.69) is 0 Å². The summed E-state index contributed by atoms with van der Waals surface area (Å²) in [6.07, 6.45) is 0. The molecule has 0 bridgehead atoms. The van der Waals surface area contributed by atoms with Crippen molar-refractivity contribution in [2.24, 2.45) is 0 Å². The second-order valence-electron chi connectivity index (χ2n) is 6.62. The largest absolute Gasteiger partial charge is 0.423 e. The molecule has 32 heavy (non-hydrogen) atoms. The number of non-ortho nitro benzene ring substituents is 2. The Kier molecular flexibility index (Phi) is 4.91. The fourth-order valence-corrected chi connectivity index (χ4v) is 3.13. The molecule has 11 nitrogen and oxygen atoms in total.